The van der Waals surface area contributed by atoms with Crippen LogP contribution in [0.25, 0.3) is 0 Å². The van der Waals surface area contributed by atoms with Crippen molar-refractivity contribution in [3.8, 4) is 0 Å². The Kier molecular flexibility index (Phi) is 5.83. The van der Waals surface area contributed by atoms with E-state index in [1.807, 2.05) is 12.1 Å². The SMILES string of the molecule is COCCc1ccc(C(O)CCC2CCCO2)cc1. The zero-order chi connectivity index (χ0) is 13.5. The molecule has 0 spiro atoms. The van der Waals surface area contributed by atoms with Crippen LogP contribution >= 0.6 is 0 Å². The molecule has 1 fully saturated rings. The molecule has 0 aromatic heterocycles. The number of hydrogen-bond acceptors (Lipinski definition) is 3. The first-order chi connectivity index (χ1) is 9.29. The molecule has 2 rings (SSSR count). The standard InChI is InChI=1S/C16H24O3/c1-18-12-10-13-4-6-14(7-5-13)16(17)9-8-15-3-2-11-19-15/h4-7,15-17H,2-3,8-12H2,1H3. The molecule has 2 atom stereocenters. The van der Waals surface area contributed by atoms with Gasteiger partial charge in [-0.05, 0) is 43.2 Å². The normalized spacial score (nSPS) is 20.6. The van der Waals surface area contributed by atoms with Crippen LogP contribution in [0.3, 0.4) is 0 Å². The van der Waals surface area contributed by atoms with E-state index in [-0.39, 0.29) is 6.10 Å². The lowest BCUT2D eigenvalue weighted by molar-refractivity contribution is 0.0812. The first-order valence-corrected chi connectivity index (χ1v) is 7.17. The molecule has 3 heteroatoms. The lowest BCUT2D eigenvalue weighted by Gasteiger charge is -2.14. The monoisotopic (exact) mass is 264 g/mol. The van der Waals surface area contributed by atoms with E-state index in [0.29, 0.717) is 6.10 Å². The fourth-order valence-corrected chi connectivity index (χ4v) is 2.51. The summed E-state index contributed by atoms with van der Waals surface area (Å²) in [5.74, 6) is 0. The summed E-state index contributed by atoms with van der Waals surface area (Å²) in [6.07, 6.45) is 4.94. The summed E-state index contributed by atoms with van der Waals surface area (Å²) >= 11 is 0. The second kappa shape index (κ2) is 7.63. The Hall–Kier alpha value is -0.900. The third-order valence-corrected chi connectivity index (χ3v) is 3.75. The highest BCUT2D eigenvalue weighted by Gasteiger charge is 2.17. The Balaban J connectivity index is 1.79. The van der Waals surface area contributed by atoms with Crippen molar-refractivity contribution in [2.45, 2.75) is 44.3 Å². The van der Waals surface area contributed by atoms with Gasteiger partial charge in [-0.2, -0.15) is 0 Å². The minimum atomic E-state index is -0.374. The minimum Gasteiger partial charge on any atom is -0.388 e. The Morgan fingerprint density at radius 1 is 1.37 bits per heavy atom. The summed E-state index contributed by atoms with van der Waals surface area (Å²) in [4.78, 5) is 0. The molecule has 1 aromatic rings. The molecule has 0 aliphatic carbocycles. The highest BCUT2D eigenvalue weighted by molar-refractivity contribution is 5.24. The van der Waals surface area contributed by atoms with Crippen molar-refractivity contribution < 1.29 is 14.6 Å². The van der Waals surface area contributed by atoms with Crippen molar-refractivity contribution in [2.75, 3.05) is 20.3 Å². The van der Waals surface area contributed by atoms with Crippen LogP contribution in [0, 0.1) is 0 Å². The predicted molar refractivity (Wildman–Crippen MR) is 75.2 cm³/mol. The van der Waals surface area contributed by atoms with E-state index < -0.39 is 0 Å². The molecule has 106 valence electrons. The number of methoxy groups -OCH3 is 1. The van der Waals surface area contributed by atoms with Gasteiger partial charge in [0.1, 0.15) is 0 Å². The fraction of sp³-hybridized carbons (Fsp3) is 0.625. The van der Waals surface area contributed by atoms with Crippen molar-refractivity contribution in [1.29, 1.82) is 0 Å². The first-order valence-electron chi connectivity index (χ1n) is 7.17. The zero-order valence-corrected chi connectivity index (χ0v) is 11.7. The van der Waals surface area contributed by atoms with Crippen molar-refractivity contribution >= 4 is 0 Å². The average Bonchev–Trinajstić information content (AvgIpc) is 2.96. The van der Waals surface area contributed by atoms with Gasteiger partial charge in [-0.3, -0.25) is 0 Å². The number of aliphatic hydroxyl groups is 1. The maximum Gasteiger partial charge on any atom is 0.0791 e. The third kappa shape index (κ3) is 4.60. The van der Waals surface area contributed by atoms with Crippen LogP contribution in [0.4, 0.5) is 0 Å². The molecule has 1 aliphatic rings. The molecule has 1 aliphatic heterocycles. The van der Waals surface area contributed by atoms with Gasteiger partial charge in [0.05, 0.1) is 18.8 Å². The fourth-order valence-electron chi connectivity index (χ4n) is 2.51. The highest BCUT2D eigenvalue weighted by atomic mass is 16.5. The largest absolute Gasteiger partial charge is 0.388 e. The van der Waals surface area contributed by atoms with Gasteiger partial charge in [-0.1, -0.05) is 24.3 Å². The van der Waals surface area contributed by atoms with Crippen LogP contribution in [-0.2, 0) is 15.9 Å². The summed E-state index contributed by atoms with van der Waals surface area (Å²) in [5, 5.41) is 10.2. The van der Waals surface area contributed by atoms with Gasteiger partial charge >= 0.3 is 0 Å². The Bertz CT molecular complexity index is 355. The number of benzene rings is 1. The maximum atomic E-state index is 10.2. The molecule has 0 saturated carbocycles. The Morgan fingerprint density at radius 3 is 2.79 bits per heavy atom. The summed E-state index contributed by atoms with van der Waals surface area (Å²) in [5.41, 5.74) is 2.25. The molecular formula is C16H24O3. The summed E-state index contributed by atoms with van der Waals surface area (Å²) in [7, 11) is 1.71. The van der Waals surface area contributed by atoms with Crippen LogP contribution in [0.5, 0.6) is 0 Å². The van der Waals surface area contributed by atoms with Gasteiger partial charge in [-0.15, -0.1) is 0 Å². The lowest BCUT2D eigenvalue weighted by atomic mass is 10.00. The van der Waals surface area contributed by atoms with Gasteiger partial charge in [0.25, 0.3) is 0 Å². The van der Waals surface area contributed by atoms with Crippen LogP contribution in [0.2, 0.25) is 0 Å². The van der Waals surface area contributed by atoms with Crippen molar-refractivity contribution in [2.24, 2.45) is 0 Å². The number of ether oxygens (including phenoxy) is 2. The molecule has 0 amide bonds. The smallest absolute Gasteiger partial charge is 0.0791 e. The van der Waals surface area contributed by atoms with E-state index in [2.05, 4.69) is 12.1 Å². The molecule has 1 heterocycles. The maximum absolute atomic E-state index is 10.2. The van der Waals surface area contributed by atoms with Crippen LogP contribution < -0.4 is 0 Å². The molecule has 19 heavy (non-hydrogen) atoms. The molecule has 0 radical (unpaired) electrons. The van der Waals surface area contributed by atoms with Gasteiger partial charge in [0.2, 0.25) is 0 Å². The molecular weight excluding hydrogens is 240 g/mol. The second-order valence-electron chi connectivity index (χ2n) is 5.21. The van der Waals surface area contributed by atoms with Crippen LogP contribution in [0.15, 0.2) is 24.3 Å². The topological polar surface area (TPSA) is 38.7 Å². The van der Waals surface area contributed by atoms with E-state index in [1.165, 1.54) is 5.56 Å². The molecule has 0 bridgehead atoms. The van der Waals surface area contributed by atoms with Gasteiger partial charge < -0.3 is 14.6 Å². The van der Waals surface area contributed by atoms with Crippen molar-refractivity contribution in [3.63, 3.8) is 0 Å². The number of rotatable bonds is 7. The number of hydrogen-bond donors (Lipinski definition) is 1. The summed E-state index contributed by atoms with van der Waals surface area (Å²) in [6, 6.07) is 8.18. The van der Waals surface area contributed by atoms with Gasteiger partial charge in [0, 0.05) is 13.7 Å². The van der Waals surface area contributed by atoms with Gasteiger partial charge in [-0.25, -0.2) is 0 Å². The van der Waals surface area contributed by atoms with Crippen molar-refractivity contribution in [3.05, 3.63) is 35.4 Å². The Labute approximate surface area is 115 Å². The van der Waals surface area contributed by atoms with E-state index in [4.69, 9.17) is 9.47 Å². The van der Waals surface area contributed by atoms with E-state index in [0.717, 1.165) is 50.9 Å². The van der Waals surface area contributed by atoms with E-state index >= 15 is 0 Å². The lowest BCUT2D eigenvalue weighted by Crippen LogP contribution is -2.08. The molecule has 1 N–H and O–H groups in total. The molecule has 1 saturated heterocycles. The zero-order valence-electron chi connectivity index (χ0n) is 11.7. The summed E-state index contributed by atoms with van der Waals surface area (Å²) < 4.78 is 10.6. The minimum absolute atomic E-state index is 0.357. The quantitative estimate of drug-likeness (QED) is 0.823. The second-order valence-corrected chi connectivity index (χ2v) is 5.21. The van der Waals surface area contributed by atoms with Crippen molar-refractivity contribution in [1.82, 2.24) is 0 Å². The predicted octanol–water partition coefficient (Wildman–Crippen LogP) is 2.87. The van der Waals surface area contributed by atoms with E-state index in [9.17, 15) is 5.11 Å². The van der Waals surface area contributed by atoms with Crippen LogP contribution in [0.1, 0.15) is 42.9 Å². The van der Waals surface area contributed by atoms with Crippen LogP contribution in [-0.4, -0.2) is 31.5 Å². The molecule has 3 nitrogen and oxygen atoms in total. The van der Waals surface area contributed by atoms with E-state index in [1.54, 1.807) is 7.11 Å². The molecule has 2 unspecified atom stereocenters. The third-order valence-electron chi connectivity index (χ3n) is 3.75. The average molecular weight is 264 g/mol. The summed E-state index contributed by atoms with van der Waals surface area (Å²) in [6.45, 7) is 1.62. The number of aliphatic hydroxyl groups excluding tert-OH is 1. The Morgan fingerprint density at radius 2 is 2.16 bits per heavy atom. The van der Waals surface area contributed by atoms with Gasteiger partial charge in [0.15, 0.2) is 0 Å². The molecule has 1 aromatic carbocycles. The highest BCUT2D eigenvalue weighted by Crippen LogP contribution is 2.24. The first kappa shape index (κ1) is 14.5.